The molecule has 1 N–H and O–H groups in total. The van der Waals surface area contributed by atoms with Crippen LogP contribution in [0.1, 0.15) is 23.2 Å². The molecule has 1 fully saturated rings. The molecule has 8 heteroatoms. The summed E-state index contributed by atoms with van der Waals surface area (Å²) < 4.78 is 53.1. The van der Waals surface area contributed by atoms with Gasteiger partial charge in [-0.2, -0.15) is 0 Å². The Balaban J connectivity index is 1.83. The van der Waals surface area contributed by atoms with Crippen LogP contribution >= 0.6 is 0 Å². The summed E-state index contributed by atoms with van der Waals surface area (Å²) in [5.41, 5.74) is 0.544. The van der Waals surface area contributed by atoms with Crippen molar-refractivity contribution >= 4 is 21.6 Å². The Morgan fingerprint density at radius 1 is 1.00 bits per heavy atom. The number of carbonyl (C=O) groups excluding carboxylic acids is 1. The van der Waals surface area contributed by atoms with Gasteiger partial charge in [0.05, 0.1) is 4.90 Å². The summed E-state index contributed by atoms with van der Waals surface area (Å²) in [5.74, 6) is -2.54. The highest BCUT2D eigenvalue weighted by Crippen LogP contribution is 2.20. The van der Waals surface area contributed by atoms with Gasteiger partial charge in [-0.3, -0.25) is 9.52 Å². The SMILES string of the molecule is O=C(c1cccc(NS(=O)(=O)c2ccc(F)c(F)c2)c1)N1CCCC1. The summed E-state index contributed by atoms with van der Waals surface area (Å²) in [7, 11) is -4.10. The van der Waals surface area contributed by atoms with Crippen LogP contribution in [0.4, 0.5) is 14.5 Å². The van der Waals surface area contributed by atoms with Crippen LogP contribution in [0.15, 0.2) is 47.4 Å². The quantitative estimate of drug-likeness (QED) is 0.905. The predicted molar refractivity (Wildman–Crippen MR) is 88.7 cm³/mol. The Morgan fingerprint density at radius 2 is 1.72 bits per heavy atom. The van der Waals surface area contributed by atoms with Crippen molar-refractivity contribution in [1.29, 1.82) is 0 Å². The van der Waals surface area contributed by atoms with Crippen LogP contribution in [0.5, 0.6) is 0 Å². The highest BCUT2D eigenvalue weighted by Gasteiger charge is 2.21. The zero-order chi connectivity index (χ0) is 18.0. The minimum atomic E-state index is -4.10. The molecule has 2 aromatic rings. The number of hydrogen-bond acceptors (Lipinski definition) is 3. The zero-order valence-corrected chi connectivity index (χ0v) is 14.0. The van der Waals surface area contributed by atoms with Crippen LogP contribution in [0.2, 0.25) is 0 Å². The van der Waals surface area contributed by atoms with Gasteiger partial charge in [-0.05, 0) is 49.2 Å². The highest BCUT2D eigenvalue weighted by atomic mass is 32.2. The molecule has 1 aliphatic heterocycles. The van der Waals surface area contributed by atoms with E-state index in [4.69, 9.17) is 0 Å². The molecule has 0 radical (unpaired) electrons. The standard InChI is InChI=1S/C17H16F2N2O3S/c18-15-7-6-14(11-16(15)19)25(23,24)20-13-5-3-4-12(10-13)17(22)21-8-1-2-9-21/h3-7,10-11,20H,1-2,8-9H2. The van der Waals surface area contributed by atoms with Crippen molar-refractivity contribution in [2.24, 2.45) is 0 Å². The summed E-state index contributed by atoms with van der Waals surface area (Å²) >= 11 is 0. The first kappa shape index (κ1) is 17.3. The van der Waals surface area contributed by atoms with Crippen molar-refractivity contribution < 1.29 is 22.0 Å². The molecule has 0 bridgehead atoms. The number of amides is 1. The maximum atomic E-state index is 13.3. The molecule has 0 saturated carbocycles. The smallest absolute Gasteiger partial charge is 0.261 e. The van der Waals surface area contributed by atoms with Gasteiger partial charge in [0.1, 0.15) is 0 Å². The molecular formula is C17H16F2N2O3S. The number of benzene rings is 2. The summed E-state index contributed by atoms with van der Waals surface area (Å²) in [6.07, 6.45) is 1.91. The van der Waals surface area contributed by atoms with Gasteiger partial charge < -0.3 is 4.90 Å². The third-order valence-electron chi connectivity index (χ3n) is 3.96. The predicted octanol–water partition coefficient (Wildman–Crippen LogP) is 3.00. The number of nitrogens with one attached hydrogen (secondary N) is 1. The van der Waals surface area contributed by atoms with Gasteiger partial charge in [0.15, 0.2) is 11.6 Å². The molecule has 0 aromatic heterocycles. The van der Waals surface area contributed by atoms with E-state index in [1.165, 1.54) is 12.1 Å². The first-order valence-corrected chi connectivity index (χ1v) is 9.22. The van der Waals surface area contributed by atoms with E-state index >= 15 is 0 Å². The monoisotopic (exact) mass is 366 g/mol. The Labute approximate surface area is 144 Å². The van der Waals surface area contributed by atoms with Crippen molar-refractivity contribution in [2.75, 3.05) is 17.8 Å². The molecule has 1 aliphatic rings. The number of likely N-dealkylation sites (tertiary alicyclic amines) is 1. The van der Waals surface area contributed by atoms with Gasteiger partial charge in [0.2, 0.25) is 0 Å². The van der Waals surface area contributed by atoms with Crippen molar-refractivity contribution in [3.05, 3.63) is 59.7 Å². The average molecular weight is 366 g/mol. The topological polar surface area (TPSA) is 66.5 Å². The molecule has 0 aliphatic carbocycles. The normalized spacial score (nSPS) is 14.6. The maximum Gasteiger partial charge on any atom is 0.261 e. The zero-order valence-electron chi connectivity index (χ0n) is 13.2. The number of sulfonamides is 1. The Kier molecular flexibility index (Phi) is 4.71. The van der Waals surface area contributed by atoms with Gasteiger partial charge in [0, 0.05) is 24.3 Å². The molecule has 0 atom stereocenters. The van der Waals surface area contributed by atoms with Crippen LogP contribution in [-0.4, -0.2) is 32.3 Å². The lowest BCUT2D eigenvalue weighted by Crippen LogP contribution is -2.27. The van der Waals surface area contributed by atoms with Crippen molar-refractivity contribution in [3.63, 3.8) is 0 Å². The third-order valence-corrected chi connectivity index (χ3v) is 5.34. The van der Waals surface area contributed by atoms with Crippen LogP contribution in [-0.2, 0) is 10.0 Å². The number of anilines is 1. The Hall–Kier alpha value is -2.48. The Morgan fingerprint density at radius 3 is 2.40 bits per heavy atom. The summed E-state index contributed by atoms with van der Waals surface area (Å²) in [4.78, 5) is 13.7. The molecule has 2 aromatic carbocycles. The summed E-state index contributed by atoms with van der Waals surface area (Å²) in [5, 5.41) is 0. The van der Waals surface area contributed by atoms with E-state index in [1.54, 1.807) is 17.0 Å². The summed E-state index contributed by atoms with van der Waals surface area (Å²) in [6.45, 7) is 1.37. The molecule has 0 unspecified atom stereocenters. The number of nitrogens with zero attached hydrogens (tertiary/aromatic N) is 1. The van der Waals surface area contributed by atoms with Gasteiger partial charge in [-0.15, -0.1) is 0 Å². The Bertz CT molecular complexity index is 910. The van der Waals surface area contributed by atoms with Crippen molar-refractivity contribution in [2.45, 2.75) is 17.7 Å². The molecule has 1 saturated heterocycles. The second-order valence-corrected chi connectivity index (χ2v) is 7.44. The lowest BCUT2D eigenvalue weighted by molar-refractivity contribution is 0.0793. The van der Waals surface area contributed by atoms with E-state index in [1.807, 2.05) is 0 Å². The fraction of sp³-hybridized carbons (Fsp3) is 0.235. The van der Waals surface area contributed by atoms with Crippen LogP contribution in [0.25, 0.3) is 0 Å². The van der Waals surface area contributed by atoms with Crippen LogP contribution in [0.3, 0.4) is 0 Å². The van der Waals surface area contributed by atoms with Gasteiger partial charge in [0.25, 0.3) is 15.9 Å². The third kappa shape index (κ3) is 3.79. The lowest BCUT2D eigenvalue weighted by atomic mass is 10.2. The summed E-state index contributed by atoms with van der Waals surface area (Å²) in [6, 6.07) is 8.41. The van der Waals surface area contributed by atoms with E-state index in [2.05, 4.69) is 4.72 Å². The van der Waals surface area contributed by atoms with E-state index in [0.29, 0.717) is 24.7 Å². The fourth-order valence-corrected chi connectivity index (χ4v) is 3.74. The molecule has 5 nitrogen and oxygen atoms in total. The van der Waals surface area contributed by atoms with E-state index in [0.717, 1.165) is 25.0 Å². The molecule has 1 amide bonds. The van der Waals surface area contributed by atoms with E-state index < -0.39 is 26.6 Å². The second-order valence-electron chi connectivity index (χ2n) is 5.76. The number of rotatable bonds is 4. The first-order chi connectivity index (χ1) is 11.9. The minimum absolute atomic E-state index is 0.161. The minimum Gasteiger partial charge on any atom is -0.339 e. The van der Waals surface area contributed by atoms with E-state index in [9.17, 15) is 22.0 Å². The largest absolute Gasteiger partial charge is 0.339 e. The molecule has 1 heterocycles. The molecule has 0 spiro atoms. The van der Waals surface area contributed by atoms with E-state index in [-0.39, 0.29) is 11.6 Å². The fourth-order valence-electron chi connectivity index (χ4n) is 2.68. The van der Waals surface area contributed by atoms with Gasteiger partial charge in [-0.1, -0.05) is 6.07 Å². The second kappa shape index (κ2) is 6.79. The molecule has 3 rings (SSSR count). The number of carbonyl (C=O) groups is 1. The maximum absolute atomic E-state index is 13.3. The number of hydrogen-bond donors (Lipinski definition) is 1. The first-order valence-electron chi connectivity index (χ1n) is 7.74. The molecule has 132 valence electrons. The van der Waals surface area contributed by atoms with Gasteiger partial charge in [-0.25, -0.2) is 17.2 Å². The van der Waals surface area contributed by atoms with Crippen molar-refractivity contribution in [1.82, 2.24) is 4.90 Å². The molecular weight excluding hydrogens is 350 g/mol. The molecule has 25 heavy (non-hydrogen) atoms. The van der Waals surface area contributed by atoms with Crippen molar-refractivity contribution in [3.8, 4) is 0 Å². The lowest BCUT2D eigenvalue weighted by Gasteiger charge is -2.16. The highest BCUT2D eigenvalue weighted by molar-refractivity contribution is 7.92. The van der Waals surface area contributed by atoms with Gasteiger partial charge >= 0.3 is 0 Å². The van der Waals surface area contributed by atoms with Crippen LogP contribution in [0, 0.1) is 11.6 Å². The average Bonchev–Trinajstić information content (AvgIpc) is 3.11. The van der Waals surface area contributed by atoms with Crippen LogP contribution < -0.4 is 4.72 Å². The number of halogens is 2.